The maximum atomic E-state index is 12.0. The summed E-state index contributed by atoms with van der Waals surface area (Å²) in [6, 6.07) is 6.75. The molecule has 1 aliphatic heterocycles. The van der Waals surface area contributed by atoms with Gasteiger partial charge < -0.3 is 10.6 Å². The molecular weight excluding hydrogens is 316 g/mol. The van der Waals surface area contributed by atoms with Crippen LogP contribution < -0.4 is 15.8 Å². The summed E-state index contributed by atoms with van der Waals surface area (Å²) in [5.74, 6) is 0.0138. The Hall–Kier alpha value is -1.48. The molecule has 1 amide bonds. The number of nitrogens with one attached hydrogen (secondary N) is 2. The molecule has 0 spiro atoms. The zero-order chi connectivity index (χ0) is 16.9. The molecule has 0 aliphatic carbocycles. The van der Waals surface area contributed by atoms with E-state index in [2.05, 4.69) is 22.5 Å². The maximum absolute atomic E-state index is 12.0. The second-order valence-electron chi connectivity index (χ2n) is 5.81. The first-order chi connectivity index (χ1) is 10.9. The van der Waals surface area contributed by atoms with Crippen LogP contribution in [0.1, 0.15) is 12.5 Å². The highest BCUT2D eigenvalue weighted by Crippen LogP contribution is 2.09. The standard InChI is InChI=1S/C15H24N4O3S/c1-12-10-17-8-9-19(12)11-15(20)18-7-6-13-2-4-14(5-3-13)23(16,21)22/h2-5,12,17H,6-11H2,1H3,(H,18,20)(H2,16,21,22)/t12-/m0/s1. The van der Waals surface area contributed by atoms with Crippen molar-refractivity contribution in [3.05, 3.63) is 29.8 Å². The van der Waals surface area contributed by atoms with Crippen LogP contribution in [0.15, 0.2) is 29.2 Å². The van der Waals surface area contributed by atoms with E-state index in [1.54, 1.807) is 12.1 Å². The molecule has 2 rings (SSSR count). The Morgan fingerprint density at radius 3 is 2.70 bits per heavy atom. The monoisotopic (exact) mass is 340 g/mol. The van der Waals surface area contributed by atoms with E-state index in [-0.39, 0.29) is 10.8 Å². The second-order valence-corrected chi connectivity index (χ2v) is 7.37. The van der Waals surface area contributed by atoms with E-state index in [9.17, 15) is 13.2 Å². The number of carbonyl (C=O) groups excluding carboxylic acids is 1. The lowest BCUT2D eigenvalue weighted by molar-refractivity contribution is -0.122. The van der Waals surface area contributed by atoms with Crippen LogP contribution in [0.2, 0.25) is 0 Å². The molecule has 23 heavy (non-hydrogen) atoms. The molecule has 0 radical (unpaired) electrons. The minimum Gasteiger partial charge on any atom is -0.355 e. The summed E-state index contributed by atoms with van der Waals surface area (Å²) in [6.45, 7) is 5.73. The van der Waals surface area contributed by atoms with Gasteiger partial charge in [0.25, 0.3) is 0 Å². The summed E-state index contributed by atoms with van der Waals surface area (Å²) in [4.78, 5) is 14.2. The Morgan fingerprint density at radius 1 is 1.39 bits per heavy atom. The highest BCUT2D eigenvalue weighted by Gasteiger charge is 2.19. The molecule has 1 heterocycles. The van der Waals surface area contributed by atoms with Crippen LogP contribution in [0.4, 0.5) is 0 Å². The van der Waals surface area contributed by atoms with Crippen LogP contribution in [0.5, 0.6) is 0 Å². The number of primary sulfonamides is 1. The van der Waals surface area contributed by atoms with Gasteiger partial charge >= 0.3 is 0 Å². The maximum Gasteiger partial charge on any atom is 0.238 e. The Morgan fingerprint density at radius 2 is 2.09 bits per heavy atom. The molecule has 128 valence electrons. The molecule has 8 heteroatoms. The SMILES string of the molecule is C[C@H]1CNCCN1CC(=O)NCCc1ccc(S(N)(=O)=O)cc1. The van der Waals surface area contributed by atoms with Gasteiger partial charge in [-0.25, -0.2) is 13.6 Å². The van der Waals surface area contributed by atoms with Crippen molar-refractivity contribution < 1.29 is 13.2 Å². The van der Waals surface area contributed by atoms with Crippen LogP contribution in [0.25, 0.3) is 0 Å². The van der Waals surface area contributed by atoms with Crippen LogP contribution in [-0.4, -0.2) is 58.0 Å². The third-order valence-electron chi connectivity index (χ3n) is 3.97. The van der Waals surface area contributed by atoms with Crippen molar-refractivity contribution in [2.45, 2.75) is 24.3 Å². The van der Waals surface area contributed by atoms with Crippen molar-refractivity contribution in [2.24, 2.45) is 5.14 Å². The summed E-state index contributed by atoms with van der Waals surface area (Å²) in [5, 5.41) is 11.2. The van der Waals surface area contributed by atoms with Gasteiger partial charge in [-0.2, -0.15) is 0 Å². The number of nitrogens with zero attached hydrogens (tertiary/aromatic N) is 1. The largest absolute Gasteiger partial charge is 0.355 e. The highest BCUT2D eigenvalue weighted by molar-refractivity contribution is 7.89. The fourth-order valence-electron chi connectivity index (χ4n) is 2.55. The first-order valence-electron chi connectivity index (χ1n) is 7.69. The molecule has 1 saturated heterocycles. The predicted molar refractivity (Wildman–Crippen MR) is 88.4 cm³/mol. The fraction of sp³-hybridized carbons (Fsp3) is 0.533. The van der Waals surface area contributed by atoms with E-state index in [1.165, 1.54) is 12.1 Å². The molecule has 1 aromatic rings. The van der Waals surface area contributed by atoms with Crippen molar-refractivity contribution in [3.63, 3.8) is 0 Å². The molecule has 1 atom stereocenters. The smallest absolute Gasteiger partial charge is 0.238 e. The molecule has 1 aliphatic rings. The van der Waals surface area contributed by atoms with Crippen molar-refractivity contribution in [2.75, 3.05) is 32.7 Å². The van der Waals surface area contributed by atoms with Gasteiger partial charge in [-0.05, 0) is 31.0 Å². The third-order valence-corrected chi connectivity index (χ3v) is 4.90. The average molecular weight is 340 g/mol. The van der Waals surface area contributed by atoms with Gasteiger partial charge in [0.05, 0.1) is 11.4 Å². The number of hydrogen-bond donors (Lipinski definition) is 3. The number of carbonyl (C=O) groups is 1. The highest BCUT2D eigenvalue weighted by atomic mass is 32.2. The van der Waals surface area contributed by atoms with Gasteiger partial charge in [0.2, 0.25) is 15.9 Å². The second kappa shape index (κ2) is 7.87. The third kappa shape index (κ3) is 5.58. The van der Waals surface area contributed by atoms with Gasteiger partial charge in [-0.1, -0.05) is 12.1 Å². The van der Waals surface area contributed by atoms with Crippen LogP contribution in [-0.2, 0) is 21.2 Å². The average Bonchev–Trinajstić information content (AvgIpc) is 2.49. The van der Waals surface area contributed by atoms with E-state index in [0.717, 1.165) is 25.2 Å². The van der Waals surface area contributed by atoms with Gasteiger partial charge in [0.15, 0.2) is 0 Å². The minimum absolute atomic E-state index is 0.0138. The molecule has 1 fully saturated rings. The summed E-state index contributed by atoms with van der Waals surface area (Å²) in [6.07, 6.45) is 0.647. The van der Waals surface area contributed by atoms with Crippen LogP contribution in [0.3, 0.4) is 0 Å². The van der Waals surface area contributed by atoms with Crippen molar-refractivity contribution in [1.82, 2.24) is 15.5 Å². The Kier molecular flexibility index (Phi) is 6.11. The lowest BCUT2D eigenvalue weighted by Crippen LogP contribution is -2.52. The van der Waals surface area contributed by atoms with Gasteiger partial charge in [0, 0.05) is 32.2 Å². The van der Waals surface area contributed by atoms with E-state index < -0.39 is 10.0 Å². The normalized spacial score (nSPS) is 19.5. The van der Waals surface area contributed by atoms with Crippen molar-refractivity contribution >= 4 is 15.9 Å². The number of hydrogen-bond acceptors (Lipinski definition) is 5. The van der Waals surface area contributed by atoms with Crippen molar-refractivity contribution in [1.29, 1.82) is 0 Å². The van der Waals surface area contributed by atoms with E-state index in [4.69, 9.17) is 5.14 Å². The van der Waals surface area contributed by atoms with Crippen molar-refractivity contribution in [3.8, 4) is 0 Å². The molecule has 1 aromatic carbocycles. The lowest BCUT2D eigenvalue weighted by Gasteiger charge is -2.33. The number of sulfonamides is 1. The van der Waals surface area contributed by atoms with Crippen LogP contribution >= 0.6 is 0 Å². The first-order valence-corrected chi connectivity index (χ1v) is 9.24. The quantitative estimate of drug-likeness (QED) is 0.634. The Balaban J connectivity index is 1.75. The minimum atomic E-state index is -3.66. The molecule has 0 bridgehead atoms. The zero-order valence-electron chi connectivity index (χ0n) is 13.3. The number of piperazine rings is 1. The number of amides is 1. The Bertz CT molecular complexity index is 631. The number of benzene rings is 1. The topological polar surface area (TPSA) is 105 Å². The predicted octanol–water partition coefficient (Wildman–Crippen LogP) is -0.714. The summed E-state index contributed by atoms with van der Waals surface area (Å²) in [5.41, 5.74) is 0.952. The molecule has 0 aromatic heterocycles. The molecule has 0 saturated carbocycles. The molecule has 4 N–H and O–H groups in total. The number of nitrogens with two attached hydrogens (primary N) is 1. The van der Waals surface area contributed by atoms with Gasteiger partial charge in [-0.3, -0.25) is 9.69 Å². The molecule has 7 nitrogen and oxygen atoms in total. The van der Waals surface area contributed by atoms with E-state index in [0.29, 0.717) is 25.6 Å². The zero-order valence-corrected chi connectivity index (χ0v) is 14.1. The summed E-state index contributed by atoms with van der Waals surface area (Å²) < 4.78 is 22.3. The molecular formula is C15H24N4O3S. The lowest BCUT2D eigenvalue weighted by atomic mass is 10.1. The van der Waals surface area contributed by atoms with Gasteiger partial charge in [0.1, 0.15) is 0 Å². The first kappa shape index (κ1) is 17.9. The van der Waals surface area contributed by atoms with Gasteiger partial charge in [-0.15, -0.1) is 0 Å². The van der Waals surface area contributed by atoms with E-state index >= 15 is 0 Å². The molecule has 0 unspecified atom stereocenters. The van der Waals surface area contributed by atoms with E-state index in [1.807, 2.05) is 0 Å². The van der Waals surface area contributed by atoms with Crippen LogP contribution in [0, 0.1) is 0 Å². The number of rotatable bonds is 6. The summed E-state index contributed by atoms with van der Waals surface area (Å²) in [7, 11) is -3.66. The summed E-state index contributed by atoms with van der Waals surface area (Å²) >= 11 is 0. The fourth-order valence-corrected chi connectivity index (χ4v) is 3.07. The Labute approximate surface area is 137 Å².